The van der Waals surface area contributed by atoms with Crippen molar-refractivity contribution in [1.29, 1.82) is 0 Å². The van der Waals surface area contributed by atoms with E-state index in [9.17, 15) is 4.79 Å². The first kappa shape index (κ1) is 10.1. The van der Waals surface area contributed by atoms with Crippen LogP contribution in [0.15, 0.2) is 12.2 Å². The molecule has 0 aromatic heterocycles. The smallest absolute Gasteiger partial charge is 0.333 e. The summed E-state index contributed by atoms with van der Waals surface area (Å²) in [6, 6.07) is 0. The first-order valence-electron chi connectivity index (χ1n) is 6.67. The van der Waals surface area contributed by atoms with Crippen LogP contribution >= 0.6 is 0 Å². The zero-order valence-corrected chi connectivity index (χ0v) is 10.1. The van der Waals surface area contributed by atoms with Crippen molar-refractivity contribution in [2.75, 3.05) is 0 Å². The Balaban J connectivity index is 1.50. The molecule has 0 aromatic carbocycles. The molecule has 3 nitrogen and oxygen atoms in total. The molecule has 6 unspecified atom stereocenters. The normalized spacial score (nSPS) is 53.1. The van der Waals surface area contributed by atoms with Gasteiger partial charge in [0.15, 0.2) is 0 Å². The average Bonchev–Trinajstić information content (AvgIpc) is 2.69. The lowest BCUT2D eigenvalue weighted by atomic mass is 9.79. The van der Waals surface area contributed by atoms with E-state index in [0.717, 1.165) is 18.3 Å². The molecule has 2 bridgehead atoms. The first-order valence-corrected chi connectivity index (χ1v) is 6.67. The number of esters is 1. The van der Waals surface area contributed by atoms with Crippen LogP contribution in [0.2, 0.25) is 0 Å². The van der Waals surface area contributed by atoms with Crippen LogP contribution < -0.4 is 0 Å². The van der Waals surface area contributed by atoms with Crippen LogP contribution in [-0.4, -0.2) is 24.3 Å². The summed E-state index contributed by atoms with van der Waals surface area (Å²) in [6.07, 6.45) is 4.76. The van der Waals surface area contributed by atoms with E-state index in [1.54, 1.807) is 6.92 Å². The van der Waals surface area contributed by atoms with Crippen molar-refractivity contribution in [3.05, 3.63) is 12.2 Å². The number of hydrogen-bond donors (Lipinski definition) is 0. The lowest BCUT2D eigenvalue weighted by molar-refractivity contribution is -0.148. The van der Waals surface area contributed by atoms with E-state index in [0.29, 0.717) is 29.6 Å². The zero-order valence-electron chi connectivity index (χ0n) is 10.1. The minimum absolute atomic E-state index is 0.133. The molecule has 1 heterocycles. The molecule has 0 N–H and O–H groups in total. The lowest BCUT2D eigenvalue weighted by Crippen LogP contribution is -2.35. The van der Waals surface area contributed by atoms with Gasteiger partial charge in [0, 0.05) is 11.5 Å². The molecule has 92 valence electrons. The number of ether oxygens (including phenoxy) is 2. The summed E-state index contributed by atoms with van der Waals surface area (Å²) in [5, 5.41) is 0. The summed E-state index contributed by atoms with van der Waals surface area (Å²) < 4.78 is 11.2. The van der Waals surface area contributed by atoms with Crippen molar-refractivity contribution in [2.24, 2.45) is 23.7 Å². The molecule has 17 heavy (non-hydrogen) atoms. The van der Waals surface area contributed by atoms with Gasteiger partial charge in [0.25, 0.3) is 0 Å². The van der Waals surface area contributed by atoms with Gasteiger partial charge in [0.1, 0.15) is 6.10 Å². The second kappa shape index (κ2) is 3.14. The molecule has 3 saturated carbocycles. The molecule has 3 aliphatic carbocycles. The van der Waals surface area contributed by atoms with Crippen LogP contribution in [0.25, 0.3) is 0 Å². The van der Waals surface area contributed by atoms with E-state index in [4.69, 9.17) is 9.47 Å². The molecule has 0 spiro atoms. The lowest BCUT2D eigenvalue weighted by Gasteiger charge is -2.32. The highest BCUT2D eigenvalue weighted by molar-refractivity contribution is 5.87. The Hall–Kier alpha value is -0.830. The predicted octanol–water partition coefficient (Wildman–Crippen LogP) is 1.92. The minimum Gasteiger partial charge on any atom is -0.459 e. The van der Waals surface area contributed by atoms with Gasteiger partial charge in [-0.1, -0.05) is 6.58 Å². The second-order valence-electron chi connectivity index (χ2n) is 6.24. The monoisotopic (exact) mass is 234 g/mol. The Kier molecular flexibility index (Phi) is 1.87. The van der Waals surface area contributed by atoms with Crippen molar-refractivity contribution in [3.8, 4) is 0 Å². The molecule has 4 aliphatic rings. The second-order valence-corrected chi connectivity index (χ2v) is 6.24. The van der Waals surface area contributed by atoms with Crippen LogP contribution in [0.4, 0.5) is 0 Å². The number of rotatable bonds is 2. The summed E-state index contributed by atoms with van der Waals surface area (Å²) >= 11 is 0. The van der Waals surface area contributed by atoms with E-state index < -0.39 is 0 Å². The van der Waals surface area contributed by atoms with Crippen molar-refractivity contribution < 1.29 is 14.3 Å². The summed E-state index contributed by atoms with van der Waals surface area (Å²) in [5.74, 6) is 2.67. The van der Waals surface area contributed by atoms with Gasteiger partial charge in [-0.3, -0.25) is 0 Å². The average molecular weight is 234 g/mol. The van der Waals surface area contributed by atoms with Crippen molar-refractivity contribution in [2.45, 2.75) is 44.5 Å². The van der Waals surface area contributed by atoms with Gasteiger partial charge >= 0.3 is 5.97 Å². The highest BCUT2D eigenvalue weighted by Crippen LogP contribution is 2.64. The van der Waals surface area contributed by atoms with Gasteiger partial charge in [-0.25, -0.2) is 4.79 Å². The van der Waals surface area contributed by atoms with Crippen molar-refractivity contribution in [1.82, 2.24) is 0 Å². The summed E-state index contributed by atoms with van der Waals surface area (Å²) in [5.41, 5.74) is 0.510. The quantitative estimate of drug-likeness (QED) is 0.416. The predicted molar refractivity (Wildman–Crippen MR) is 61.2 cm³/mol. The molecule has 0 aromatic rings. The van der Waals surface area contributed by atoms with Crippen LogP contribution in [0.5, 0.6) is 0 Å². The van der Waals surface area contributed by atoms with Crippen molar-refractivity contribution >= 4 is 5.97 Å². The Bertz CT molecular complexity index is 402. The maximum absolute atomic E-state index is 11.6. The van der Waals surface area contributed by atoms with Gasteiger partial charge in [0.05, 0.1) is 12.2 Å². The number of carbonyl (C=O) groups excluding carboxylic acids is 1. The molecule has 3 heteroatoms. The third-order valence-electron chi connectivity index (χ3n) is 5.29. The standard InChI is InChI=1S/C14H18O3/c1-6(2)14(15)17-10-4-7-3-9(10)12-8(7)5-11-13(12)16-11/h7-13H,1,3-5H2,2H3/t7-,8?,9?,10?,11?,12?,13?/m1/s1. The van der Waals surface area contributed by atoms with Crippen LogP contribution in [0.1, 0.15) is 26.2 Å². The maximum atomic E-state index is 11.6. The minimum atomic E-state index is -0.217. The zero-order chi connectivity index (χ0) is 11.7. The van der Waals surface area contributed by atoms with Gasteiger partial charge < -0.3 is 9.47 Å². The Labute approximate surface area is 101 Å². The maximum Gasteiger partial charge on any atom is 0.333 e. The SMILES string of the molecule is C=C(C)C(=O)OC1C[C@H]2CC1C1C3OC3CC12. The van der Waals surface area contributed by atoms with E-state index in [1.165, 1.54) is 12.8 Å². The van der Waals surface area contributed by atoms with Gasteiger partial charge in [0.2, 0.25) is 0 Å². The van der Waals surface area contributed by atoms with Crippen LogP contribution in [-0.2, 0) is 14.3 Å². The fourth-order valence-corrected chi connectivity index (χ4v) is 4.62. The number of epoxide rings is 1. The topological polar surface area (TPSA) is 38.8 Å². The fraction of sp³-hybridized carbons (Fsp3) is 0.786. The molecule has 0 amide bonds. The molecular weight excluding hydrogens is 216 g/mol. The van der Waals surface area contributed by atoms with E-state index in [2.05, 4.69) is 6.58 Å². The number of hydrogen-bond acceptors (Lipinski definition) is 3. The molecule has 0 radical (unpaired) electrons. The van der Waals surface area contributed by atoms with E-state index in [-0.39, 0.29) is 12.1 Å². The summed E-state index contributed by atoms with van der Waals surface area (Å²) in [6.45, 7) is 5.37. The molecule has 4 fully saturated rings. The molecular formula is C14H18O3. The molecule has 7 atom stereocenters. The van der Waals surface area contributed by atoms with Gasteiger partial charge in [-0.15, -0.1) is 0 Å². The van der Waals surface area contributed by atoms with Gasteiger partial charge in [-0.2, -0.15) is 0 Å². The molecule has 1 saturated heterocycles. The van der Waals surface area contributed by atoms with Crippen LogP contribution in [0.3, 0.4) is 0 Å². The fourth-order valence-electron chi connectivity index (χ4n) is 4.62. The summed E-state index contributed by atoms with van der Waals surface area (Å²) in [7, 11) is 0. The first-order chi connectivity index (χ1) is 8.15. The Morgan fingerprint density at radius 1 is 1.29 bits per heavy atom. The third kappa shape index (κ3) is 1.29. The van der Waals surface area contributed by atoms with E-state index >= 15 is 0 Å². The summed E-state index contributed by atoms with van der Waals surface area (Å²) in [4.78, 5) is 11.6. The van der Waals surface area contributed by atoms with Crippen molar-refractivity contribution in [3.63, 3.8) is 0 Å². The van der Waals surface area contributed by atoms with Gasteiger partial charge in [-0.05, 0) is 43.9 Å². The highest BCUT2D eigenvalue weighted by Gasteiger charge is 2.67. The molecule has 4 rings (SSSR count). The Morgan fingerprint density at radius 3 is 2.88 bits per heavy atom. The highest BCUT2D eigenvalue weighted by atomic mass is 16.6. The van der Waals surface area contributed by atoms with Crippen LogP contribution in [0, 0.1) is 23.7 Å². The Morgan fingerprint density at radius 2 is 2.12 bits per heavy atom. The number of fused-ring (bicyclic) bond motifs is 7. The largest absolute Gasteiger partial charge is 0.459 e. The number of carbonyl (C=O) groups is 1. The molecule has 1 aliphatic heterocycles. The third-order valence-corrected chi connectivity index (χ3v) is 5.29. The van der Waals surface area contributed by atoms with E-state index in [1.807, 2.05) is 0 Å².